The number of rotatable bonds is 57. The highest BCUT2D eigenvalue weighted by molar-refractivity contribution is 5.71. The predicted octanol–water partition coefficient (Wildman–Crippen LogP) is 20.6. The van der Waals surface area contributed by atoms with Crippen molar-refractivity contribution in [3.8, 4) is 0 Å². The lowest BCUT2D eigenvalue weighted by Gasteiger charge is -2.25. The van der Waals surface area contributed by atoms with Crippen molar-refractivity contribution in [3.05, 3.63) is 219 Å². The molecule has 482 valence electrons. The van der Waals surface area contributed by atoms with Crippen molar-refractivity contribution in [1.29, 1.82) is 0 Å². The topological polar surface area (TPSA) is 108 Å². The lowest BCUT2D eigenvalue weighted by atomic mass is 10.1. The van der Waals surface area contributed by atoms with E-state index in [-0.39, 0.29) is 32.7 Å². The van der Waals surface area contributed by atoms with Gasteiger partial charge in [-0.25, -0.2) is 4.79 Å². The minimum absolute atomic E-state index is 0.162. The zero-order valence-electron chi connectivity index (χ0n) is 54.8. The molecule has 9 heteroatoms. The largest absolute Gasteiger partial charge is 0.477 e. The number of hydrogen-bond donors (Lipinski definition) is 1. The fraction of sp³-hybridized carbons (Fsp3) is 0.500. The van der Waals surface area contributed by atoms with E-state index in [4.69, 9.17) is 18.9 Å². The molecule has 0 aliphatic carbocycles. The van der Waals surface area contributed by atoms with Gasteiger partial charge in [-0.05, 0) is 154 Å². The van der Waals surface area contributed by atoms with Crippen LogP contribution in [0.25, 0.3) is 0 Å². The van der Waals surface area contributed by atoms with Crippen molar-refractivity contribution in [2.45, 2.75) is 206 Å². The summed E-state index contributed by atoms with van der Waals surface area (Å²) in [6, 6.07) is 0. The van der Waals surface area contributed by atoms with Gasteiger partial charge in [-0.15, -0.1) is 0 Å². The number of carboxylic acids is 1. The van der Waals surface area contributed by atoms with Crippen LogP contribution in [-0.4, -0.2) is 87.4 Å². The second kappa shape index (κ2) is 65.6. The average molecular weight is 1200 g/mol. The minimum Gasteiger partial charge on any atom is -0.477 e. The lowest BCUT2D eigenvalue weighted by Crippen LogP contribution is -2.40. The van der Waals surface area contributed by atoms with Gasteiger partial charge < -0.3 is 28.5 Å². The Morgan fingerprint density at radius 2 is 0.621 bits per heavy atom. The average Bonchev–Trinajstić information content (AvgIpc) is 3.59. The van der Waals surface area contributed by atoms with E-state index in [1.54, 1.807) is 0 Å². The highest BCUT2D eigenvalue weighted by Crippen LogP contribution is 2.12. The maximum absolute atomic E-state index is 12.9. The maximum Gasteiger partial charge on any atom is 0.361 e. The Balaban J connectivity index is 4.33. The molecule has 0 spiro atoms. The van der Waals surface area contributed by atoms with E-state index in [2.05, 4.69) is 233 Å². The number of aliphatic carboxylic acids is 1. The molecule has 0 aromatic carbocycles. The number of nitrogens with zero attached hydrogens (tertiary/aromatic N) is 1. The monoisotopic (exact) mass is 1200 g/mol. The van der Waals surface area contributed by atoms with E-state index in [0.29, 0.717) is 23.9 Å². The zero-order valence-corrected chi connectivity index (χ0v) is 54.8. The first kappa shape index (κ1) is 80.6. The molecular weight excluding hydrogens is 1080 g/mol. The molecule has 9 nitrogen and oxygen atoms in total. The van der Waals surface area contributed by atoms with Crippen LogP contribution >= 0.6 is 0 Å². The van der Waals surface area contributed by atoms with Crippen LogP contribution in [0.3, 0.4) is 0 Å². The molecule has 2 atom stereocenters. The summed E-state index contributed by atoms with van der Waals surface area (Å²) < 4.78 is 22.8. The van der Waals surface area contributed by atoms with Gasteiger partial charge >= 0.3 is 17.9 Å². The van der Waals surface area contributed by atoms with Crippen molar-refractivity contribution in [3.63, 3.8) is 0 Å². The summed E-state index contributed by atoms with van der Waals surface area (Å²) in [5, 5.41) is 9.72. The van der Waals surface area contributed by atoms with Gasteiger partial charge in [0.25, 0.3) is 6.29 Å². The third-order valence-electron chi connectivity index (χ3n) is 12.7. The molecule has 87 heavy (non-hydrogen) atoms. The number of carboxylic acid groups (broad SMARTS) is 1. The van der Waals surface area contributed by atoms with Gasteiger partial charge in [-0.2, -0.15) is 0 Å². The Morgan fingerprint density at radius 1 is 0.345 bits per heavy atom. The number of likely N-dealkylation sites (N-methyl/N-ethyl adjacent to an activating group) is 1. The molecule has 0 aliphatic heterocycles. The first-order chi connectivity index (χ1) is 42.6. The van der Waals surface area contributed by atoms with Crippen LogP contribution in [0, 0.1) is 0 Å². The molecule has 0 amide bonds. The van der Waals surface area contributed by atoms with Crippen molar-refractivity contribution >= 4 is 17.9 Å². The number of esters is 2. The molecule has 0 aromatic heterocycles. The molecule has 0 radical (unpaired) electrons. The van der Waals surface area contributed by atoms with Crippen LogP contribution in [0.2, 0.25) is 0 Å². The molecule has 0 saturated carbocycles. The first-order valence-corrected chi connectivity index (χ1v) is 32.9. The molecule has 0 bridgehead atoms. The van der Waals surface area contributed by atoms with Crippen molar-refractivity contribution < 1.29 is 42.9 Å². The van der Waals surface area contributed by atoms with E-state index in [1.807, 2.05) is 21.1 Å². The van der Waals surface area contributed by atoms with Crippen LogP contribution in [-0.2, 0) is 33.3 Å². The van der Waals surface area contributed by atoms with E-state index < -0.39 is 30.3 Å². The van der Waals surface area contributed by atoms with Crippen molar-refractivity contribution in [2.24, 2.45) is 0 Å². The van der Waals surface area contributed by atoms with Crippen LogP contribution in [0.1, 0.15) is 194 Å². The summed E-state index contributed by atoms with van der Waals surface area (Å²) in [6.45, 7) is 4.52. The smallest absolute Gasteiger partial charge is 0.361 e. The molecule has 2 unspecified atom stereocenters. The van der Waals surface area contributed by atoms with Gasteiger partial charge in [0, 0.05) is 12.8 Å². The summed E-state index contributed by atoms with van der Waals surface area (Å²) in [4.78, 5) is 37.5. The van der Waals surface area contributed by atoms with Gasteiger partial charge in [0.1, 0.15) is 13.2 Å². The molecular formula is C78H118NO8+. The zero-order chi connectivity index (χ0) is 63.3. The van der Waals surface area contributed by atoms with E-state index in [1.165, 1.54) is 0 Å². The third kappa shape index (κ3) is 67.0. The molecule has 0 aliphatic rings. The Labute approximate surface area is 530 Å². The fourth-order valence-electron chi connectivity index (χ4n) is 7.76. The SMILES string of the molecule is CC/C=C\C/C=C\C/C=C\C/C=C\C/C=C\C/C=C\C/C=C\C/C=C\C/C=C\C/C=C\C/C=C\C/C=C\CCCCCCC(=O)OC(COC(=O)CCCC/C=C\C/C=C\C/C=C\C/C=C\C/C=C\C/C=C\CC)COC(OCC[N+](C)(C)C)C(=O)O. The molecule has 1 N–H and O–H groups in total. The normalized spacial score (nSPS) is 14.2. The minimum atomic E-state index is -1.54. The molecule has 0 heterocycles. The number of carbonyl (C=O) groups is 3. The summed E-state index contributed by atoms with van der Waals surface area (Å²) in [6.07, 6.45) is 102. The highest BCUT2D eigenvalue weighted by Gasteiger charge is 2.25. The summed E-state index contributed by atoms with van der Waals surface area (Å²) >= 11 is 0. The lowest BCUT2D eigenvalue weighted by molar-refractivity contribution is -0.870. The van der Waals surface area contributed by atoms with Crippen molar-refractivity contribution in [2.75, 3.05) is 47.5 Å². The van der Waals surface area contributed by atoms with Gasteiger partial charge in [-0.3, -0.25) is 9.59 Å². The van der Waals surface area contributed by atoms with Crippen LogP contribution in [0.5, 0.6) is 0 Å². The Morgan fingerprint density at radius 3 is 0.931 bits per heavy atom. The van der Waals surface area contributed by atoms with Gasteiger partial charge in [0.05, 0.1) is 34.4 Å². The van der Waals surface area contributed by atoms with E-state index >= 15 is 0 Å². The third-order valence-corrected chi connectivity index (χ3v) is 12.7. The molecule has 0 saturated heterocycles. The van der Waals surface area contributed by atoms with Crippen LogP contribution in [0.15, 0.2) is 219 Å². The van der Waals surface area contributed by atoms with Crippen LogP contribution in [0.4, 0.5) is 0 Å². The standard InChI is InChI=1S/C78H117NO8/c1-6-8-10-12-14-16-18-20-22-24-26-28-29-30-31-32-33-34-35-36-37-38-39-40-41-42-43-44-45-46-47-49-51-53-55-57-59-61-63-65-67-69-76(81)87-74(73-86-78(77(82)83)84-71-70-79(3,4)5)72-85-75(80)68-66-64-62-60-58-56-54-52-50-48-27-25-23-21-19-17-15-13-11-9-7-2/h8-11,14-17,20-23,26-28,30-31,33-34,36-37,39-40,42-43,45-46,48-49,51-52,54-55,57-58,60,74,78H,6-7,12-13,18-19,24-25,29,32,35,38,41,44,47,50,53,56,59,61-73H2,1-5H3/p+1/b10-8-,11-9-,16-14-,17-15-,22-20-,23-21-,28-26-,31-30-,34-33-,37-36-,40-39-,43-42-,46-45-,48-27-,51-49-,54-52-,57-55-,60-58-. The quantitative estimate of drug-likeness (QED) is 0.0211. The van der Waals surface area contributed by atoms with E-state index in [9.17, 15) is 19.5 Å². The Bertz CT molecular complexity index is 2230. The fourth-order valence-corrected chi connectivity index (χ4v) is 7.76. The second-order valence-corrected chi connectivity index (χ2v) is 22.0. The molecule has 0 aromatic rings. The number of ether oxygens (including phenoxy) is 4. The highest BCUT2D eigenvalue weighted by atomic mass is 16.7. The second-order valence-electron chi connectivity index (χ2n) is 22.0. The predicted molar refractivity (Wildman–Crippen MR) is 372 cm³/mol. The Kier molecular flexibility index (Phi) is 60.8. The maximum atomic E-state index is 12.9. The first-order valence-electron chi connectivity index (χ1n) is 32.9. The molecule has 0 rings (SSSR count). The van der Waals surface area contributed by atoms with Crippen molar-refractivity contribution in [1.82, 2.24) is 0 Å². The summed E-state index contributed by atoms with van der Waals surface area (Å²) in [5.41, 5.74) is 0. The summed E-state index contributed by atoms with van der Waals surface area (Å²) in [5.74, 6) is -2.13. The van der Waals surface area contributed by atoms with E-state index in [0.717, 1.165) is 154 Å². The summed E-state index contributed by atoms with van der Waals surface area (Å²) in [7, 11) is 5.93. The number of carbonyl (C=O) groups excluding carboxylic acids is 2. The number of hydrogen-bond acceptors (Lipinski definition) is 7. The van der Waals surface area contributed by atoms with Gasteiger partial charge in [0.15, 0.2) is 6.10 Å². The van der Waals surface area contributed by atoms with Gasteiger partial charge in [-0.1, -0.05) is 245 Å². The number of unbranched alkanes of at least 4 members (excludes halogenated alkanes) is 6. The van der Waals surface area contributed by atoms with Gasteiger partial charge in [0.2, 0.25) is 0 Å². The number of allylic oxidation sites excluding steroid dienone is 36. The molecule has 0 fully saturated rings. The number of quaternary nitrogens is 1. The van der Waals surface area contributed by atoms with Crippen LogP contribution < -0.4 is 0 Å². The Hall–Kier alpha value is -6.39.